The highest BCUT2D eigenvalue weighted by molar-refractivity contribution is 5.97. The fourth-order valence-electron chi connectivity index (χ4n) is 1.45. The number of hydrogen-bond donors (Lipinski definition) is 2. The summed E-state index contributed by atoms with van der Waals surface area (Å²) in [6.07, 6.45) is 1.43. The summed E-state index contributed by atoms with van der Waals surface area (Å²) in [4.78, 5) is 11.8. The van der Waals surface area contributed by atoms with Crippen molar-refractivity contribution >= 4 is 11.6 Å². The number of hydrogen-bond acceptors (Lipinski definition) is 3. The molecular weight excluding hydrogens is 238 g/mol. The molecule has 2 N–H and O–H groups in total. The molecule has 1 aromatic carbocycles. The third-order valence-corrected chi connectivity index (χ3v) is 2.25. The molecule has 0 bridgehead atoms. The zero-order valence-electron chi connectivity index (χ0n) is 11.7. The fourth-order valence-corrected chi connectivity index (χ4v) is 1.45. The molecule has 0 fully saturated rings. The first-order valence-corrected chi connectivity index (χ1v) is 6.08. The van der Waals surface area contributed by atoms with Crippen LogP contribution in [0.15, 0.2) is 36.0 Å². The Morgan fingerprint density at radius 1 is 1.37 bits per heavy atom. The quantitative estimate of drug-likeness (QED) is 0.646. The summed E-state index contributed by atoms with van der Waals surface area (Å²) in [6.45, 7) is 7.59. The number of anilines is 1. The molecule has 0 atom stereocenters. The molecule has 4 heteroatoms. The van der Waals surface area contributed by atoms with Crippen molar-refractivity contribution in [3.63, 3.8) is 0 Å². The van der Waals surface area contributed by atoms with E-state index in [-0.39, 0.29) is 17.0 Å². The average Bonchev–Trinajstić information content (AvgIpc) is 2.27. The van der Waals surface area contributed by atoms with Crippen LogP contribution >= 0.6 is 0 Å². The molecule has 100 valence electrons. The van der Waals surface area contributed by atoms with Gasteiger partial charge in [-0.25, -0.2) is 0 Å². The Morgan fingerprint density at radius 3 is 2.58 bits per heavy atom. The zero-order valence-corrected chi connectivity index (χ0v) is 11.7. The molecular formula is C15H19N3O. The van der Waals surface area contributed by atoms with E-state index in [4.69, 9.17) is 5.26 Å². The van der Waals surface area contributed by atoms with Gasteiger partial charge in [-0.05, 0) is 45.4 Å². The van der Waals surface area contributed by atoms with Crippen molar-refractivity contribution in [1.82, 2.24) is 5.32 Å². The van der Waals surface area contributed by atoms with Crippen LogP contribution in [0.3, 0.4) is 0 Å². The average molecular weight is 257 g/mol. The number of nitrogens with zero attached hydrogens (tertiary/aromatic N) is 1. The van der Waals surface area contributed by atoms with Gasteiger partial charge < -0.3 is 10.6 Å². The summed E-state index contributed by atoms with van der Waals surface area (Å²) in [7, 11) is 0. The van der Waals surface area contributed by atoms with Crippen LogP contribution in [0.5, 0.6) is 0 Å². The highest BCUT2D eigenvalue weighted by atomic mass is 16.1. The normalized spacial score (nSPS) is 11.6. The van der Waals surface area contributed by atoms with Crippen molar-refractivity contribution in [2.45, 2.75) is 33.2 Å². The Morgan fingerprint density at radius 2 is 2.05 bits per heavy atom. The minimum absolute atomic E-state index is 0.0523. The van der Waals surface area contributed by atoms with Crippen LogP contribution < -0.4 is 10.6 Å². The molecule has 19 heavy (non-hydrogen) atoms. The van der Waals surface area contributed by atoms with E-state index in [1.807, 2.05) is 58.0 Å². The molecule has 0 aliphatic carbocycles. The summed E-state index contributed by atoms with van der Waals surface area (Å²) in [5.41, 5.74) is 1.64. The maximum atomic E-state index is 11.8. The van der Waals surface area contributed by atoms with Gasteiger partial charge in [-0.15, -0.1) is 0 Å². The predicted octanol–water partition coefficient (Wildman–Crippen LogP) is 2.73. The summed E-state index contributed by atoms with van der Waals surface area (Å²) < 4.78 is 0. The van der Waals surface area contributed by atoms with Crippen LogP contribution in [0, 0.1) is 18.3 Å². The largest absolute Gasteiger partial charge is 0.360 e. The number of carbonyl (C=O) groups excluding carboxylic acids is 1. The van der Waals surface area contributed by atoms with E-state index in [1.54, 1.807) is 0 Å². The van der Waals surface area contributed by atoms with Crippen LogP contribution in [0.4, 0.5) is 5.69 Å². The van der Waals surface area contributed by atoms with Gasteiger partial charge >= 0.3 is 0 Å². The lowest BCUT2D eigenvalue weighted by Gasteiger charge is -2.20. The molecule has 0 aliphatic heterocycles. The number of amides is 1. The van der Waals surface area contributed by atoms with Gasteiger partial charge in [0, 0.05) is 17.4 Å². The highest BCUT2D eigenvalue weighted by Gasteiger charge is 2.16. The lowest BCUT2D eigenvalue weighted by molar-refractivity contribution is -0.118. The van der Waals surface area contributed by atoms with Crippen molar-refractivity contribution in [3.05, 3.63) is 41.6 Å². The third-order valence-electron chi connectivity index (χ3n) is 2.25. The van der Waals surface area contributed by atoms with Crippen molar-refractivity contribution in [2.24, 2.45) is 0 Å². The molecule has 0 radical (unpaired) electrons. The molecule has 0 heterocycles. The van der Waals surface area contributed by atoms with Crippen LogP contribution in [-0.4, -0.2) is 11.4 Å². The summed E-state index contributed by atoms with van der Waals surface area (Å²) in [6, 6.07) is 9.60. The highest BCUT2D eigenvalue weighted by Crippen LogP contribution is 2.10. The standard InChI is InChI=1S/C15H19N3O/c1-11-6-5-7-13(8-11)17-10-12(9-16)14(19)18-15(2,3)4/h5-8,10,17H,1-4H3,(H,18,19)/b12-10-. The number of benzene rings is 1. The first kappa shape index (κ1) is 14.8. The smallest absolute Gasteiger partial charge is 0.263 e. The van der Waals surface area contributed by atoms with Crippen molar-refractivity contribution < 1.29 is 4.79 Å². The molecule has 0 spiro atoms. The van der Waals surface area contributed by atoms with Gasteiger partial charge in [-0.1, -0.05) is 12.1 Å². The number of aryl methyl sites for hydroxylation is 1. The summed E-state index contributed by atoms with van der Waals surface area (Å²) >= 11 is 0. The van der Waals surface area contributed by atoms with Gasteiger partial charge in [-0.3, -0.25) is 4.79 Å². The molecule has 0 unspecified atom stereocenters. The Kier molecular flexibility index (Phi) is 4.71. The maximum absolute atomic E-state index is 11.8. The van der Waals surface area contributed by atoms with Gasteiger partial charge in [-0.2, -0.15) is 5.26 Å². The minimum Gasteiger partial charge on any atom is -0.360 e. The third kappa shape index (κ3) is 5.26. The van der Waals surface area contributed by atoms with E-state index >= 15 is 0 Å². The van der Waals surface area contributed by atoms with E-state index in [0.29, 0.717) is 0 Å². The summed E-state index contributed by atoms with van der Waals surface area (Å²) in [5, 5.41) is 14.7. The Balaban J connectivity index is 2.78. The minimum atomic E-state index is -0.379. The second-order valence-corrected chi connectivity index (χ2v) is 5.39. The lowest BCUT2D eigenvalue weighted by atomic mass is 10.1. The lowest BCUT2D eigenvalue weighted by Crippen LogP contribution is -2.41. The summed E-state index contributed by atoms with van der Waals surface area (Å²) in [5.74, 6) is -0.379. The molecule has 1 aromatic rings. The second-order valence-electron chi connectivity index (χ2n) is 5.39. The Bertz CT molecular complexity index is 533. The Hall–Kier alpha value is -2.28. The van der Waals surface area contributed by atoms with Crippen molar-refractivity contribution in [1.29, 1.82) is 5.26 Å². The molecule has 0 saturated heterocycles. The van der Waals surface area contributed by atoms with Crippen molar-refractivity contribution in [2.75, 3.05) is 5.32 Å². The predicted molar refractivity (Wildman–Crippen MR) is 76.4 cm³/mol. The van der Waals surface area contributed by atoms with E-state index in [2.05, 4.69) is 10.6 Å². The van der Waals surface area contributed by atoms with Crippen LogP contribution in [0.25, 0.3) is 0 Å². The number of rotatable bonds is 3. The van der Waals surface area contributed by atoms with Crippen LogP contribution in [-0.2, 0) is 4.79 Å². The van der Waals surface area contributed by atoms with Gasteiger partial charge in [0.1, 0.15) is 11.6 Å². The van der Waals surface area contributed by atoms with E-state index in [0.717, 1.165) is 11.3 Å². The van der Waals surface area contributed by atoms with Gasteiger partial charge in [0.2, 0.25) is 0 Å². The SMILES string of the molecule is Cc1cccc(N/C=C(/C#N)C(=O)NC(C)(C)C)c1. The van der Waals surface area contributed by atoms with E-state index in [1.165, 1.54) is 6.20 Å². The van der Waals surface area contributed by atoms with Gasteiger partial charge in [0.25, 0.3) is 5.91 Å². The molecule has 4 nitrogen and oxygen atoms in total. The molecule has 0 saturated carbocycles. The van der Waals surface area contributed by atoms with E-state index < -0.39 is 0 Å². The molecule has 0 aliphatic rings. The number of nitrogens with one attached hydrogen (secondary N) is 2. The Labute approximate surface area is 114 Å². The molecule has 1 rings (SSSR count). The van der Waals surface area contributed by atoms with Crippen LogP contribution in [0.1, 0.15) is 26.3 Å². The van der Waals surface area contributed by atoms with Gasteiger partial charge in [0.05, 0.1) is 0 Å². The molecule has 1 amide bonds. The second kappa shape index (κ2) is 6.05. The maximum Gasteiger partial charge on any atom is 0.263 e. The monoisotopic (exact) mass is 257 g/mol. The topological polar surface area (TPSA) is 64.9 Å². The van der Waals surface area contributed by atoms with E-state index in [9.17, 15) is 4.79 Å². The van der Waals surface area contributed by atoms with Crippen molar-refractivity contribution in [3.8, 4) is 6.07 Å². The number of carbonyl (C=O) groups is 1. The zero-order chi connectivity index (χ0) is 14.5. The van der Waals surface area contributed by atoms with Crippen LogP contribution in [0.2, 0.25) is 0 Å². The van der Waals surface area contributed by atoms with Gasteiger partial charge in [0.15, 0.2) is 0 Å². The molecule has 0 aromatic heterocycles. The number of nitriles is 1. The fraction of sp³-hybridized carbons (Fsp3) is 0.333. The first-order chi connectivity index (χ1) is 8.81. The first-order valence-electron chi connectivity index (χ1n) is 6.08.